The van der Waals surface area contributed by atoms with Gasteiger partial charge in [0.15, 0.2) is 0 Å². The van der Waals surface area contributed by atoms with Gasteiger partial charge in [-0.2, -0.15) is 0 Å². The van der Waals surface area contributed by atoms with Crippen LogP contribution in [0.1, 0.15) is 37.7 Å². The second kappa shape index (κ2) is 6.27. The zero-order chi connectivity index (χ0) is 13.9. The summed E-state index contributed by atoms with van der Waals surface area (Å²) in [4.78, 5) is 12.3. The number of carbonyl (C=O) groups is 1. The third-order valence-corrected chi connectivity index (χ3v) is 5.03. The second-order valence-electron chi connectivity index (χ2n) is 5.95. The molecule has 1 saturated heterocycles. The van der Waals surface area contributed by atoms with Gasteiger partial charge in [-0.3, -0.25) is 4.79 Å². The molecule has 0 spiro atoms. The van der Waals surface area contributed by atoms with E-state index in [-0.39, 0.29) is 11.9 Å². The molecule has 1 aliphatic heterocycles. The van der Waals surface area contributed by atoms with E-state index in [0.29, 0.717) is 18.5 Å². The molecule has 4 heteroatoms. The van der Waals surface area contributed by atoms with Crippen LogP contribution in [-0.4, -0.2) is 18.0 Å². The van der Waals surface area contributed by atoms with E-state index < -0.39 is 0 Å². The zero-order valence-corrected chi connectivity index (χ0v) is 13.2. The molecule has 2 N–H and O–H groups in total. The molecule has 2 fully saturated rings. The van der Waals surface area contributed by atoms with Crippen molar-refractivity contribution in [2.24, 2.45) is 5.92 Å². The van der Waals surface area contributed by atoms with E-state index in [0.717, 1.165) is 16.5 Å². The topological polar surface area (TPSA) is 41.1 Å². The van der Waals surface area contributed by atoms with Crippen LogP contribution in [0.2, 0.25) is 0 Å². The second-order valence-corrected chi connectivity index (χ2v) is 6.87. The zero-order valence-electron chi connectivity index (χ0n) is 11.6. The van der Waals surface area contributed by atoms with Gasteiger partial charge in [-0.15, -0.1) is 0 Å². The molecule has 3 atom stereocenters. The quantitative estimate of drug-likeness (QED) is 0.890. The van der Waals surface area contributed by atoms with Crippen molar-refractivity contribution in [1.29, 1.82) is 0 Å². The van der Waals surface area contributed by atoms with Crippen LogP contribution in [0.4, 0.5) is 0 Å². The Morgan fingerprint density at radius 1 is 1.35 bits per heavy atom. The summed E-state index contributed by atoms with van der Waals surface area (Å²) in [7, 11) is 0. The summed E-state index contributed by atoms with van der Waals surface area (Å²) in [6.45, 7) is 0.603. The Bertz CT molecular complexity index is 477. The minimum absolute atomic E-state index is 0.00949. The third kappa shape index (κ3) is 3.23. The smallest absolute Gasteiger partial charge is 0.237 e. The molecule has 20 heavy (non-hydrogen) atoms. The molecule has 0 radical (unpaired) electrons. The molecule has 2 aliphatic rings. The Balaban J connectivity index is 1.52. The molecule has 0 aromatic heterocycles. The molecular weight excluding hydrogens is 316 g/mol. The molecule has 108 valence electrons. The van der Waals surface area contributed by atoms with Gasteiger partial charge < -0.3 is 10.6 Å². The molecule has 3 rings (SSSR count). The minimum atomic E-state index is 0.00949. The highest BCUT2D eigenvalue weighted by molar-refractivity contribution is 9.10. The lowest BCUT2D eigenvalue weighted by Crippen LogP contribution is -2.42. The monoisotopic (exact) mass is 336 g/mol. The number of nitrogens with one attached hydrogen (secondary N) is 2. The van der Waals surface area contributed by atoms with Gasteiger partial charge in [0.1, 0.15) is 0 Å². The molecule has 0 bridgehead atoms. The number of carbonyl (C=O) groups excluding carboxylic acids is 1. The van der Waals surface area contributed by atoms with Crippen LogP contribution >= 0.6 is 15.9 Å². The van der Waals surface area contributed by atoms with Gasteiger partial charge in [0, 0.05) is 17.1 Å². The van der Waals surface area contributed by atoms with Crippen LogP contribution in [0.3, 0.4) is 0 Å². The standard InChI is InChI=1S/C16H21BrN2O/c17-13-6-3-4-11(8-13)10-18-16(20)15-9-12-5-1-2-7-14(12)19-15/h3-4,6,8,12,14-15,19H,1-2,5,7,9-10H2,(H,18,20). The SMILES string of the molecule is O=C(NCc1cccc(Br)c1)C1CC2CCCCC2N1. The molecule has 1 aliphatic carbocycles. The van der Waals surface area contributed by atoms with E-state index in [4.69, 9.17) is 0 Å². The largest absolute Gasteiger partial charge is 0.351 e. The van der Waals surface area contributed by atoms with E-state index in [2.05, 4.69) is 26.6 Å². The van der Waals surface area contributed by atoms with E-state index in [1.165, 1.54) is 25.7 Å². The summed E-state index contributed by atoms with van der Waals surface area (Å²) in [6.07, 6.45) is 6.16. The number of halogens is 1. The van der Waals surface area contributed by atoms with Crippen LogP contribution in [0, 0.1) is 5.92 Å². The molecule has 3 unspecified atom stereocenters. The van der Waals surface area contributed by atoms with Crippen LogP contribution in [0.5, 0.6) is 0 Å². The predicted molar refractivity (Wildman–Crippen MR) is 83.3 cm³/mol. The normalized spacial score (nSPS) is 28.9. The van der Waals surface area contributed by atoms with Crippen LogP contribution in [0.25, 0.3) is 0 Å². The number of rotatable bonds is 3. The number of benzene rings is 1. The summed E-state index contributed by atoms with van der Waals surface area (Å²) in [5, 5.41) is 6.57. The van der Waals surface area contributed by atoms with Crippen molar-refractivity contribution < 1.29 is 4.79 Å². The first-order valence-electron chi connectivity index (χ1n) is 7.50. The molecule has 1 saturated carbocycles. The van der Waals surface area contributed by atoms with Crippen molar-refractivity contribution in [3.05, 3.63) is 34.3 Å². The van der Waals surface area contributed by atoms with E-state index in [1.54, 1.807) is 0 Å². The summed E-state index contributed by atoms with van der Waals surface area (Å²) in [5.74, 6) is 0.866. The van der Waals surface area contributed by atoms with E-state index >= 15 is 0 Å². The molecule has 1 aromatic rings. The fourth-order valence-corrected chi connectivity index (χ4v) is 3.93. The Labute approximate surface area is 128 Å². The Kier molecular flexibility index (Phi) is 4.41. The first kappa shape index (κ1) is 14.1. The predicted octanol–water partition coefficient (Wildman–Crippen LogP) is 2.99. The summed E-state index contributed by atoms with van der Waals surface area (Å²) < 4.78 is 1.05. The summed E-state index contributed by atoms with van der Waals surface area (Å²) >= 11 is 3.45. The van der Waals surface area contributed by atoms with Crippen LogP contribution < -0.4 is 10.6 Å². The lowest BCUT2D eigenvalue weighted by molar-refractivity contribution is -0.123. The first-order valence-corrected chi connectivity index (χ1v) is 8.30. The molecule has 1 amide bonds. The van der Waals surface area contributed by atoms with Crippen molar-refractivity contribution in [1.82, 2.24) is 10.6 Å². The maximum absolute atomic E-state index is 12.3. The number of amides is 1. The fourth-order valence-electron chi connectivity index (χ4n) is 3.48. The third-order valence-electron chi connectivity index (χ3n) is 4.54. The fraction of sp³-hybridized carbons (Fsp3) is 0.562. The number of hydrogen-bond acceptors (Lipinski definition) is 2. The first-order chi connectivity index (χ1) is 9.72. The highest BCUT2D eigenvalue weighted by Crippen LogP contribution is 2.33. The highest BCUT2D eigenvalue weighted by atomic mass is 79.9. The molecule has 1 heterocycles. The van der Waals surface area contributed by atoms with Crippen LogP contribution in [-0.2, 0) is 11.3 Å². The maximum atomic E-state index is 12.3. The molecule has 3 nitrogen and oxygen atoms in total. The van der Waals surface area contributed by atoms with Crippen molar-refractivity contribution in [3.63, 3.8) is 0 Å². The average Bonchev–Trinajstić information content (AvgIpc) is 2.89. The van der Waals surface area contributed by atoms with E-state index in [9.17, 15) is 4.79 Å². The lowest BCUT2D eigenvalue weighted by atomic mass is 9.85. The minimum Gasteiger partial charge on any atom is -0.351 e. The van der Waals surface area contributed by atoms with Gasteiger partial charge in [0.2, 0.25) is 5.91 Å². The van der Waals surface area contributed by atoms with Gasteiger partial charge in [0.05, 0.1) is 6.04 Å². The summed E-state index contributed by atoms with van der Waals surface area (Å²) in [6, 6.07) is 8.65. The van der Waals surface area contributed by atoms with Crippen LogP contribution in [0.15, 0.2) is 28.7 Å². The van der Waals surface area contributed by atoms with Crippen molar-refractivity contribution in [2.45, 2.75) is 50.7 Å². The summed E-state index contributed by atoms with van der Waals surface area (Å²) in [5.41, 5.74) is 1.13. The highest BCUT2D eigenvalue weighted by Gasteiger charge is 2.37. The van der Waals surface area contributed by atoms with Crippen molar-refractivity contribution in [3.8, 4) is 0 Å². The number of hydrogen-bond donors (Lipinski definition) is 2. The van der Waals surface area contributed by atoms with Gasteiger partial charge in [-0.05, 0) is 42.9 Å². The molecule has 1 aromatic carbocycles. The Morgan fingerprint density at radius 2 is 2.20 bits per heavy atom. The van der Waals surface area contributed by atoms with E-state index in [1.807, 2.05) is 24.3 Å². The Morgan fingerprint density at radius 3 is 3.00 bits per heavy atom. The van der Waals surface area contributed by atoms with Gasteiger partial charge in [-0.25, -0.2) is 0 Å². The van der Waals surface area contributed by atoms with Crippen molar-refractivity contribution >= 4 is 21.8 Å². The van der Waals surface area contributed by atoms with Gasteiger partial charge in [0.25, 0.3) is 0 Å². The average molecular weight is 337 g/mol. The number of fused-ring (bicyclic) bond motifs is 1. The van der Waals surface area contributed by atoms with Gasteiger partial charge >= 0.3 is 0 Å². The van der Waals surface area contributed by atoms with Gasteiger partial charge in [-0.1, -0.05) is 40.9 Å². The Hall–Kier alpha value is -0.870. The maximum Gasteiger partial charge on any atom is 0.237 e. The van der Waals surface area contributed by atoms with Crippen molar-refractivity contribution in [2.75, 3.05) is 0 Å². The molecular formula is C16H21BrN2O. The lowest BCUT2D eigenvalue weighted by Gasteiger charge is -2.24.